The molecule has 3 rings (SSSR count). The van der Waals surface area contributed by atoms with Gasteiger partial charge in [-0.2, -0.15) is 0 Å². The molecule has 0 unspecified atom stereocenters. The highest BCUT2D eigenvalue weighted by Crippen LogP contribution is 2.41. The van der Waals surface area contributed by atoms with E-state index in [2.05, 4.69) is 9.97 Å². The Morgan fingerprint density at radius 1 is 1.42 bits per heavy atom. The maximum absolute atomic E-state index is 14.4. The summed E-state index contributed by atoms with van der Waals surface area (Å²) in [5, 5.41) is 8.81. The molecule has 2 N–H and O–H groups in total. The number of hydrogen-bond donors (Lipinski definition) is 2. The zero-order valence-corrected chi connectivity index (χ0v) is 13.2. The summed E-state index contributed by atoms with van der Waals surface area (Å²) in [4.78, 5) is 29.4. The van der Waals surface area contributed by atoms with Crippen LogP contribution in [0.1, 0.15) is 47.0 Å². The van der Waals surface area contributed by atoms with Gasteiger partial charge in [-0.25, -0.2) is 9.37 Å². The Morgan fingerprint density at radius 2 is 2.17 bits per heavy atom. The van der Waals surface area contributed by atoms with E-state index in [0.29, 0.717) is 17.2 Å². The second-order valence-corrected chi connectivity index (χ2v) is 5.94. The number of aryl methyl sites for hydroxylation is 1. The Morgan fingerprint density at radius 3 is 2.79 bits per heavy atom. The van der Waals surface area contributed by atoms with Gasteiger partial charge in [0.05, 0.1) is 6.42 Å². The largest absolute Gasteiger partial charge is 0.481 e. The molecule has 124 valence electrons. The molecule has 0 spiro atoms. The smallest absolute Gasteiger partial charge is 0.308 e. The van der Waals surface area contributed by atoms with Gasteiger partial charge in [-0.15, -0.1) is 0 Å². The number of halogens is 1. The third-order valence-corrected chi connectivity index (χ3v) is 4.06. The van der Waals surface area contributed by atoms with Crippen LogP contribution in [-0.4, -0.2) is 21.0 Å². The van der Waals surface area contributed by atoms with E-state index in [9.17, 15) is 14.0 Å². The molecule has 1 aromatic heterocycles. The molecular formula is C18H17FN2O3. The molecule has 1 fully saturated rings. The van der Waals surface area contributed by atoms with E-state index in [1.807, 2.05) is 6.07 Å². The van der Waals surface area contributed by atoms with Crippen molar-refractivity contribution in [2.45, 2.75) is 32.1 Å². The number of aromatic nitrogens is 2. The topological polar surface area (TPSA) is 83.0 Å². The van der Waals surface area contributed by atoms with Crippen LogP contribution in [0.4, 0.5) is 4.39 Å². The highest BCUT2D eigenvalue weighted by molar-refractivity contribution is 5.71. The number of benzene rings is 1. The number of hydrogen-bond acceptors (Lipinski definition) is 3. The number of carbonyl (C=O) groups is 1. The van der Waals surface area contributed by atoms with E-state index in [1.54, 1.807) is 25.1 Å². The quantitative estimate of drug-likeness (QED) is 0.884. The monoisotopic (exact) mass is 328 g/mol. The molecular weight excluding hydrogens is 311 g/mol. The van der Waals surface area contributed by atoms with Gasteiger partial charge in [0.15, 0.2) is 0 Å². The maximum atomic E-state index is 14.4. The first-order chi connectivity index (χ1) is 11.5. The minimum absolute atomic E-state index is 0.126. The van der Waals surface area contributed by atoms with Gasteiger partial charge in [-0.3, -0.25) is 9.59 Å². The van der Waals surface area contributed by atoms with Crippen LogP contribution < -0.4 is 5.56 Å². The van der Waals surface area contributed by atoms with Gasteiger partial charge in [-0.1, -0.05) is 18.2 Å². The molecule has 0 aliphatic heterocycles. The number of aliphatic carboxylic acids is 1. The van der Waals surface area contributed by atoms with Crippen molar-refractivity contribution in [2.75, 3.05) is 0 Å². The molecule has 6 heteroatoms. The van der Waals surface area contributed by atoms with Gasteiger partial charge in [0.25, 0.3) is 5.56 Å². The summed E-state index contributed by atoms with van der Waals surface area (Å²) < 4.78 is 14.4. The number of carboxylic acid groups (broad SMARTS) is 1. The summed E-state index contributed by atoms with van der Waals surface area (Å²) >= 11 is 0. The molecule has 0 bridgehead atoms. The lowest BCUT2D eigenvalue weighted by molar-refractivity contribution is -0.136. The number of rotatable bonds is 5. The predicted octanol–water partition coefficient (Wildman–Crippen LogP) is 2.89. The van der Waals surface area contributed by atoms with Crippen molar-refractivity contribution in [1.82, 2.24) is 9.97 Å². The summed E-state index contributed by atoms with van der Waals surface area (Å²) in [7, 11) is 0. The van der Waals surface area contributed by atoms with Crippen LogP contribution in [0.2, 0.25) is 0 Å². The second-order valence-electron chi connectivity index (χ2n) is 5.94. The second kappa shape index (κ2) is 6.39. The molecule has 0 radical (unpaired) electrons. The highest BCUT2D eigenvalue weighted by atomic mass is 19.1. The molecule has 0 saturated heterocycles. The molecule has 2 aromatic rings. The Bertz CT molecular complexity index is 882. The third-order valence-electron chi connectivity index (χ3n) is 4.06. The molecule has 1 heterocycles. The minimum Gasteiger partial charge on any atom is -0.481 e. The van der Waals surface area contributed by atoms with Gasteiger partial charge < -0.3 is 10.1 Å². The fourth-order valence-corrected chi connectivity index (χ4v) is 2.65. The van der Waals surface area contributed by atoms with E-state index in [1.165, 1.54) is 6.08 Å². The Labute approximate surface area is 137 Å². The fraction of sp³-hybridized carbons (Fsp3) is 0.278. The molecule has 5 nitrogen and oxygen atoms in total. The van der Waals surface area contributed by atoms with E-state index in [0.717, 1.165) is 18.4 Å². The third kappa shape index (κ3) is 3.42. The van der Waals surface area contributed by atoms with Gasteiger partial charge in [0.1, 0.15) is 11.6 Å². The maximum Gasteiger partial charge on any atom is 0.308 e. The number of nitrogens with one attached hydrogen (secondary N) is 1. The number of nitrogens with zero attached hydrogens (tertiary/aromatic N) is 1. The SMILES string of the molecule is Cc1nc(/C=C/c2cccc(C3CC3)c2F)[nH]c(=O)c1CC(=O)O. The van der Waals surface area contributed by atoms with Gasteiger partial charge >= 0.3 is 5.97 Å². The lowest BCUT2D eigenvalue weighted by Crippen LogP contribution is -2.20. The van der Waals surface area contributed by atoms with Crippen LogP contribution in [0, 0.1) is 12.7 Å². The average molecular weight is 328 g/mol. The zero-order valence-electron chi connectivity index (χ0n) is 13.2. The van der Waals surface area contributed by atoms with Crippen molar-refractivity contribution < 1.29 is 14.3 Å². The van der Waals surface area contributed by atoms with Crippen molar-refractivity contribution in [3.8, 4) is 0 Å². The van der Waals surface area contributed by atoms with Gasteiger partial charge in [0.2, 0.25) is 0 Å². The van der Waals surface area contributed by atoms with Crippen molar-refractivity contribution in [3.63, 3.8) is 0 Å². The molecule has 0 amide bonds. The first kappa shape index (κ1) is 16.1. The number of aromatic amines is 1. The van der Waals surface area contributed by atoms with E-state index >= 15 is 0 Å². The molecule has 1 saturated carbocycles. The first-order valence-electron chi connectivity index (χ1n) is 7.74. The lowest BCUT2D eigenvalue weighted by atomic mass is 10.1. The van der Waals surface area contributed by atoms with Gasteiger partial charge in [0, 0.05) is 16.8 Å². The van der Waals surface area contributed by atoms with Crippen molar-refractivity contribution in [3.05, 3.63) is 62.6 Å². The molecule has 1 aliphatic rings. The minimum atomic E-state index is -1.09. The number of carboxylic acids is 1. The molecule has 24 heavy (non-hydrogen) atoms. The molecule has 1 aliphatic carbocycles. The van der Waals surface area contributed by atoms with Crippen molar-refractivity contribution in [2.24, 2.45) is 0 Å². The van der Waals surface area contributed by atoms with E-state index < -0.39 is 11.5 Å². The predicted molar refractivity (Wildman–Crippen MR) is 88.2 cm³/mol. The Balaban J connectivity index is 1.89. The highest BCUT2D eigenvalue weighted by Gasteiger charge is 2.26. The van der Waals surface area contributed by atoms with Crippen LogP contribution in [-0.2, 0) is 11.2 Å². The van der Waals surface area contributed by atoms with E-state index in [-0.39, 0.29) is 23.6 Å². The summed E-state index contributed by atoms with van der Waals surface area (Å²) in [6.45, 7) is 1.58. The first-order valence-corrected chi connectivity index (χ1v) is 7.74. The summed E-state index contributed by atoms with van der Waals surface area (Å²) in [6, 6.07) is 5.28. The van der Waals surface area contributed by atoms with E-state index in [4.69, 9.17) is 5.11 Å². The number of H-pyrrole nitrogens is 1. The van der Waals surface area contributed by atoms with Crippen LogP contribution in [0.3, 0.4) is 0 Å². The zero-order chi connectivity index (χ0) is 17.3. The van der Waals surface area contributed by atoms with Crippen LogP contribution in [0.25, 0.3) is 12.2 Å². The van der Waals surface area contributed by atoms with Crippen molar-refractivity contribution >= 4 is 18.1 Å². The van der Waals surface area contributed by atoms with Gasteiger partial charge in [-0.05, 0) is 43.4 Å². The standard InChI is InChI=1S/C18H17FN2O3/c1-10-14(9-16(22)23)18(24)21-15(20-10)8-7-12-3-2-4-13(17(12)19)11-5-6-11/h2-4,7-8,11H,5-6,9H2,1H3,(H,22,23)(H,20,21,24)/b8-7+. The van der Waals surface area contributed by atoms with Crippen LogP contribution in [0.5, 0.6) is 0 Å². The van der Waals surface area contributed by atoms with Crippen molar-refractivity contribution in [1.29, 1.82) is 0 Å². The average Bonchev–Trinajstić information content (AvgIpc) is 3.34. The molecule has 1 aromatic carbocycles. The molecule has 0 atom stereocenters. The summed E-state index contributed by atoms with van der Waals surface area (Å²) in [5.74, 6) is -0.748. The Hall–Kier alpha value is -2.76. The van der Waals surface area contributed by atoms with Crippen LogP contribution >= 0.6 is 0 Å². The lowest BCUT2D eigenvalue weighted by Gasteiger charge is -2.05. The summed E-state index contributed by atoms with van der Waals surface area (Å²) in [6.07, 6.45) is 4.74. The fourth-order valence-electron chi connectivity index (χ4n) is 2.65. The normalized spacial score (nSPS) is 14.2. The Kier molecular flexibility index (Phi) is 4.29. The summed E-state index contributed by atoms with van der Waals surface area (Å²) in [5.41, 5.74) is 1.16. The van der Waals surface area contributed by atoms with Crippen LogP contribution in [0.15, 0.2) is 23.0 Å².